The van der Waals surface area contributed by atoms with Crippen LogP contribution in [0.2, 0.25) is 0 Å². The first-order chi connectivity index (χ1) is 8.20. The van der Waals surface area contributed by atoms with Gasteiger partial charge in [0.2, 0.25) is 0 Å². The molecule has 0 atom stereocenters. The molecule has 0 aliphatic heterocycles. The average molecular weight is 228 g/mol. The Labute approximate surface area is 102 Å². The molecule has 88 valence electrons. The Bertz CT molecular complexity index is 458. The number of carbonyl (C=O) groups excluding carboxylic acids is 1. The van der Waals surface area contributed by atoms with E-state index in [2.05, 4.69) is 15.8 Å². The fourth-order valence-corrected chi connectivity index (χ4v) is 1.77. The van der Waals surface area contributed by atoms with Crippen molar-refractivity contribution in [2.45, 2.75) is 19.8 Å². The zero-order chi connectivity index (χ0) is 12.3. The van der Waals surface area contributed by atoms with E-state index in [0.717, 1.165) is 18.3 Å². The van der Waals surface area contributed by atoms with Crippen LogP contribution in [-0.4, -0.2) is 23.9 Å². The van der Waals surface area contributed by atoms with Crippen LogP contribution in [-0.2, 0) is 0 Å². The molecular weight excluding hydrogens is 212 g/mol. The van der Waals surface area contributed by atoms with Gasteiger partial charge in [-0.2, -0.15) is 0 Å². The zero-order valence-corrected chi connectivity index (χ0v) is 10.0. The maximum atomic E-state index is 11.3. The molecule has 3 nitrogen and oxygen atoms in total. The van der Waals surface area contributed by atoms with Gasteiger partial charge in [-0.05, 0) is 37.8 Å². The third-order valence-corrected chi connectivity index (χ3v) is 2.93. The number of ketones is 1. The first-order valence-electron chi connectivity index (χ1n) is 5.86. The van der Waals surface area contributed by atoms with Crippen LogP contribution < -0.4 is 4.90 Å². The lowest BCUT2D eigenvalue weighted by atomic mass is 10.2. The molecule has 0 aromatic carbocycles. The van der Waals surface area contributed by atoms with Crippen molar-refractivity contribution in [1.29, 1.82) is 0 Å². The van der Waals surface area contributed by atoms with E-state index < -0.39 is 0 Å². The number of aromatic nitrogens is 1. The van der Waals surface area contributed by atoms with Gasteiger partial charge in [0.05, 0.1) is 6.54 Å². The standard InChI is InChI=1S/C14H16N2O/c1-3-8-16(10-12-4-5-12)14-9-13(11(2)17)6-7-15-14/h1,6-7,9,12H,4-5,8,10H2,2H3. The Morgan fingerprint density at radius 3 is 3.00 bits per heavy atom. The molecule has 0 spiro atoms. The number of terminal acetylenes is 1. The van der Waals surface area contributed by atoms with Crippen molar-refractivity contribution < 1.29 is 4.79 Å². The molecule has 0 N–H and O–H groups in total. The van der Waals surface area contributed by atoms with Crippen LogP contribution in [0.5, 0.6) is 0 Å². The third kappa shape index (κ3) is 3.07. The summed E-state index contributed by atoms with van der Waals surface area (Å²) in [5, 5.41) is 0. The minimum Gasteiger partial charge on any atom is -0.345 e. The van der Waals surface area contributed by atoms with Crippen LogP contribution in [0.1, 0.15) is 30.1 Å². The highest BCUT2D eigenvalue weighted by atomic mass is 16.1. The van der Waals surface area contributed by atoms with Crippen molar-refractivity contribution in [3.8, 4) is 12.3 Å². The van der Waals surface area contributed by atoms with Crippen molar-refractivity contribution in [1.82, 2.24) is 4.98 Å². The van der Waals surface area contributed by atoms with Crippen LogP contribution in [0.3, 0.4) is 0 Å². The summed E-state index contributed by atoms with van der Waals surface area (Å²) < 4.78 is 0. The Balaban J connectivity index is 2.18. The maximum absolute atomic E-state index is 11.3. The van der Waals surface area contributed by atoms with Crippen molar-refractivity contribution >= 4 is 11.6 Å². The van der Waals surface area contributed by atoms with E-state index in [-0.39, 0.29) is 5.78 Å². The van der Waals surface area contributed by atoms with Gasteiger partial charge >= 0.3 is 0 Å². The molecule has 0 unspecified atom stereocenters. The molecule has 1 saturated carbocycles. The monoisotopic (exact) mass is 228 g/mol. The summed E-state index contributed by atoms with van der Waals surface area (Å²) >= 11 is 0. The van der Waals surface area contributed by atoms with Gasteiger partial charge in [0, 0.05) is 18.3 Å². The van der Waals surface area contributed by atoms with Crippen LogP contribution in [0, 0.1) is 18.3 Å². The average Bonchev–Trinajstić information content (AvgIpc) is 3.12. The fraction of sp³-hybridized carbons (Fsp3) is 0.429. The molecule has 0 radical (unpaired) electrons. The van der Waals surface area contributed by atoms with Crippen LogP contribution >= 0.6 is 0 Å². The molecule has 17 heavy (non-hydrogen) atoms. The van der Waals surface area contributed by atoms with Crippen molar-refractivity contribution in [3.63, 3.8) is 0 Å². The highest BCUT2D eigenvalue weighted by Gasteiger charge is 2.24. The smallest absolute Gasteiger partial charge is 0.159 e. The predicted octanol–water partition coefficient (Wildman–Crippen LogP) is 2.13. The SMILES string of the molecule is C#CCN(CC1CC1)c1cc(C(C)=O)ccn1. The van der Waals surface area contributed by atoms with Crippen LogP contribution in [0.25, 0.3) is 0 Å². The lowest BCUT2D eigenvalue weighted by Gasteiger charge is -2.21. The van der Waals surface area contributed by atoms with E-state index in [1.807, 2.05) is 6.07 Å². The van der Waals surface area contributed by atoms with Gasteiger partial charge in [-0.3, -0.25) is 4.79 Å². The second kappa shape index (κ2) is 5.01. The van der Waals surface area contributed by atoms with Gasteiger partial charge in [-0.1, -0.05) is 5.92 Å². The molecule has 2 rings (SSSR count). The Kier molecular flexibility index (Phi) is 3.43. The molecule has 1 aliphatic rings. The van der Waals surface area contributed by atoms with Gasteiger partial charge in [-0.25, -0.2) is 4.98 Å². The van der Waals surface area contributed by atoms with Gasteiger partial charge in [0.15, 0.2) is 5.78 Å². The molecule has 0 saturated heterocycles. The van der Waals surface area contributed by atoms with Crippen LogP contribution in [0.4, 0.5) is 5.82 Å². The summed E-state index contributed by atoms with van der Waals surface area (Å²) in [6.07, 6.45) is 9.59. The Hall–Kier alpha value is -1.82. The summed E-state index contributed by atoms with van der Waals surface area (Å²) in [7, 11) is 0. The van der Waals surface area contributed by atoms with Gasteiger partial charge in [0.1, 0.15) is 5.82 Å². The van der Waals surface area contributed by atoms with E-state index in [1.165, 1.54) is 12.8 Å². The summed E-state index contributed by atoms with van der Waals surface area (Å²) in [5.41, 5.74) is 0.688. The van der Waals surface area contributed by atoms with Crippen molar-refractivity contribution in [2.75, 3.05) is 18.0 Å². The highest BCUT2D eigenvalue weighted by Crippen LogP contribution is 2.30. The van der Waals surface area contributed by atoms with E-state index in [4.69, 9.17) is 6.42 Å². The first-order valence-corrected chi connectivity index (χ1v) is 5.86. The molecule has 1 aliphatic carbocycles. The molecule has 1 fully saturated rings. The molecule has 1 aromatic heterocycles. The Morgan fingerprint density at radius 2 is 2.41 bits per heavy atom. The molecule has 0 bridgehead atoms. The quantitative estimate of drug-likeness (QED) is 0.572. The fourth-order valence-electron chi connectivity index (χ4n) is 1.77. The maximum Gasteiger partial charge on any atom is 0.159 e. The van der Waals surface area contributed by atoms with E-state index >= 15 is 0 Å². The minimum absolute atomic E-state index is 0.0562. The molecule has 1 heterocycles. The summed E-state index contributed by atoms with van der Waals surface area (Å²) in [5.74, 6) is 4.26. The number of Topliss-reactive ketones (excluding diaryl/α,β-unsaturated/α-hetero) is 1. The number of hydrogen-bond donors (Lipinski definition) is 0. The summed E-state index contributed by atoms with van der Waals surface area (Å²) in [6.45, 7) is 3.05. The number of pyridine rings is 1. The molecule has 3 heteroatoms. The second-order valence-corrected chi connectivity index (χ2v) is 4.49. The molecule has 0 amide bonds. The summed E-state index contributed by atoms with van der Waals surface area (Å²) in [4.78, 5) is 17.7. The number of anilines is 1. The van der Waals surface area contributed by atoms with Crippen molar-refractivity contribution in [2.24, 2.45) is 5.92 Å². The summed E-state index contributed by atoms with van der Waals surface area (Å²) in [6, 6.07) is 3.55. The molecule has 1 aromatic rings. The predicted molar refractivity (Wildman–Crippen MR) is 68.0 cm³/mol. The zero-order valence-electron chi connectivity index (χ0n) is 10.0. The Morgan fingerprint density at radius 1 is 1.65 bits per heavy atom. The van der Waals surface area contributed by atoms with Crippen molar-refractivity contribution in [3.05, 3.63) is 23.9 Å². The molecular formula is C14H16N2O. The lowest BCUT2D eigenvalue weighted by Crippen LogP contribution is -2.27. The number of rotatable bonds is 5. The van der Waals surface area contributed by atoms with Gasteiger partial charge < -0.3 is 4.90 Å². The third-order valence-electron chi connectivity index (χ3n) is 2.93. The van der Waals surface area contributed by atoms with E-state index in [1.54, 1.807) is 19.2 Å². The topological polar surface area (TPSA) is 33.2 Å². The normalized spacial score (nSPS) is 14.1. The second-order valence-electron chi connectivity index (χ2n) is 4.49. The lowest BCUT2D eigenvalue weighted by molar-refractivity contribution is 0.101. The van der Waals surface area contributed by atoms with Gasteiger partial charge in [0.25, 0.3) is 0 Å². The van der Waals surface area contributed by atoms with E-state index in [0.29, 0.717) is 12.1 Å². The largest absolute Gasteiger partial charge is 0.345 e. The highest BCUT2D eigenvalue weighted by molar-refractivity contribution is 5.94. The number of carbonyl (C=O) groups is 1. The number of nitrogens with zero attached hydrogens (tertiary/aromatic N) is 2. The van der Waals surface area contributed by atoms with E-state index in [9.17, 15) is 4.79 Å². The minimum atomic E-state index is 0.0562. The van der Waals surface area contributed by atoms with Crippen LogP contribution in [0.15, 0.2) is 18.3 Å². The van der Waals surface area contributed by atoms with Gasteiger partial charge in [-0.15, -0.1) is 6.42 Å². The first kappa shape index (κ1) is 11.7. The number of hydrogen-bond acceptors (Lipinski definition) is 3.